The topological polar surface area (TPSA) is 78.6 Å². The highest BCUT2D eigenvalue weighted by molar-refractivity contribution is 7.56. The number of hydrogen-bond donors (Lipinski definition) is 1. The molecule has 0 radical (unpaired) electrons. The molecule has 0 amide bonds. The van der Waals surface area contributed by atoms with Gasteiger partial charge < -0.3 is 14.8 Å². The second kappa shape index (κ2) is 10.3. The van der Waals surface area contributed by atoms with Crippen molar-refractivity contribution in [1.29, 1.82) is 0 Å². The fourth-order valence-corrected chi connectivity index (χ4v) is 5.09. The molecule has 2 rings (SSSR count). The van der Waals surface area contributed by atoms with Gasteiger partial charge in [0.25, 0.3) is 0 Å². The third-order valence-electron chi connectivity index (χ3n) is 4.26. The normalized spacial score (nSPS) is 13.6. The summed E-state index contributed by atoms with van der Waals surface area (Å²) in [5.74, 6) is 0.460. The van der Waals surface area contributed by atoms with Crippen molar-refractivity contribution in [2.24, 2.45) is 5.73 Å². The van der Waals surface area contributed by atoms with Gasteiger partial charge in [-0.05, 0) is 37.6 Å². The summed E-state index contributed by atoms with van der Waals surface area (Å²) in [7, 11) is -3.91. The first-order chi connectivity index (χ1) is 13.0. The first-order valence-electron chi connectivity index (χ1n) is 9.31. The zero-order valence-corrected chi connectivity index (χ0v) is 16.8. The molecule has 2 atom stereocenters. The Balaban J connectivity index is 2.35. The van der Waals surface area contributed by atoms with Crippen LogP contribution in [0.2, 0.25) is 0 Å². The zero-order chi connectivity index (χ0) is 19.7. The molecule has 2 aromatic rings. The molecule has 2 unspecified atom stereocenters. The fraction of sp³-hybridized carbons (Fsp3) is 0.381. The first kappa shape index (κ1) is 21.2. The fourth-order valence-electron chi connectivity index (χ4n) is 2.94. The van der Waals surface area contributed by atoms with Crippen molar-refractivity contribution in [3.63, 3.8) is 0 Å². The van der Waals surface area contributed by atoms with Crippen LogP contribution in [-0.4, -0.2) is 17.5 Å². The molecule has 0 fully saturated rings. The van der Waals surface area contributed by atoms with E-state index >= 15 is 0 Å². The zero-order valence-electron chi connectivity index (χ0n) is 15.9. The Hall–Kier alpha value is -2.10. The monoisotopic (exact) mass is 389 g/mol. The smallest absolute Gasteiger partial charge is 0.416 e. The molecule has 2 aromatic carbocycles. The minimum Gasteiger partial charge on any atom is -0.416 e. The maximum atomic E-state index is 13.8. The van der Waals surface area contributed by atoms with Crippen LogP contribution in [0.5, 0.6) is 11.5 Å². The Kier molecular flexibility index (Phi) is 8.08. The molecule has 6 heteroatoms. The van der Waals surface area contributed by atoms with Crippen molar-refractivity contribution in [2.75, 3.05) is 0 Å². The van der Waals surface area contributed by atoms with E-state index in [1.165, 1.54) is 6.92 Å². The average molecular weight is 389 g/mol. The maximum Gasteiger partial charge on any atom is 0.442 e. The third-order valence-corrected chi connectivity index (χ3v) is 6.61. The lowest BCUT2D eigenvalue weighted by Crippen LogP contribution is -2.41. The van der Waals surface area contributed by atoms with Crippen LogP contribution in [0.3, 0.4) is 0 Å². The van der Waals surface area contributed by atoms with Gasteiger partial charge in [-0.15, -0.1) is 0 Å². The number of ketones is 1. The van der Waals surface area contributed by atoms with Crippen LogP contribution in [0, 0.1) is 0 Å². The highest BCUT2D eigenvalue weighted by Gasteiger charge is 2.46. The summed E-state index contributed by atoms with van der Waals surface area (Å²) in [5, 5.41) is 0. The highest BCUT2D eigenvalue weighted by atomic mass is 31.2. The minimum atomic E-state index is -3.91. The van der Waals surface area contributed by atoms with Gasteiger partial charge in [0, 0.05) is 6.04 Å². The Morgan fingerprint density at radius 3 is 1.85 bits per heavy atom. The number of hydrogen-bond acceptors (Lipinski definition) is 5. The van der Waals surface area contributed by atoms with Crippen LogP contribution in [-0.2, 0) is 9.36 Å². The molecule has 0 aliphatic heterocycles. The van der Waals surface area contributed by atoms with E-state index in [9.17, 15) is 9.36 Å². The van der Waals surface area contributed by atoms with E-state index < -0.39 is 19.3 Å². The van der Waals surface area contributed by atoms with E-state index in [0.29, 0.717) is 17.9 Å². The quantitative estimate of drug-likeness (QED) is 0.422. The number of carbonyl (C=O) groups excluding carboxylic acids is 1. The molecule has 0 saturated heterocycles. The molecule has 0 saturated carbocycles. The maximum absolute atomic E-state index is 13.8. The number of unbranched alkanes of at least 4 members (excludes halogenated alkanes) is 2. The Bertz CT molecular complexity index is 706. The molecule has 2 N–H and O–H groups in total. The summed E-state index contributed by atoms with van der Waals surface area (Å²) in [6.45, 7) is 3.48. The Morgan fingerprint density at radius 2 is 1.44 bits per heavy atom. The van der Waals surface area contributed by atoms with E-state index in [4.69, 9.17) is 14.8 Å². The van der Waals surface area contributed by atoms with Crippen LogP contribution in [0.25, 0.3) is 0 Å². The van der Waals surface area contributed by atoms with Gasteiger partial charge >= 0.3 is 7.60 Å². The number of rotatable bonds is 11. The van der Waals surface area contributed by atoms with E-state index in [-0.39, 0.29) is 5.78 Å². The molecule has 0 aromatic heterocycles. The molecule has 0 aliphatic rings. The van der Waals surface area contributed by atoms with Crippen LogP contribution < -0.4 is 14.8 Å². The lowest BCUT2D eigenvalue weighted by Gasteiger charge is -2.29. The standard InChI is InChI=1S/C21H28NO4P/c1-3-4-7-16-20(22)21(17(2)23)27(24,25-18-12-8-5-9-13-18)26-19-14-10-6-11-15-19/h5-6,8-15,20-21H,3-4,7,16,22H2,1-2H3. The number of benzene rings is 2. The molecular formula is C21H28NO4P. The van der Waals surface area contributed by atoms with Gasteiger partial charge in [0.05, 0.1) is 0 Å². The largest absolute Gasteiger partial charge is 0.442 e. The van der Waals surface area contributed by atoms with Gasteiger partial charge in [-0.2, -0.15) is 0 Å². The van der Waals surface area contributed by atoms with E-state index in [0.717, 1.165) is 19.3 Å². The number of para-hydroxylation sites is 2. The predicted octanol–water partition coefficient (Wildman–Crippen LogP) is 5.20. The Labute approximate surface area is 161 Å². The third kappa shape index (κ3) is 6.23. The van der Waals surface area contributed by atoms with Crippen molar-refractivity contribution in [3.8, 4) is 11.5 Å². The van der Waals surface area contributed by atoms with E-state index in [1.807, 2.05) is 12.1 Å². The molecular weight excluding hydrogens is 361 g/mol. The van der Waals surface area contributed by atoms with Gasteiger partial charge in [-0.25, -0.2) is 4.57 Å². The van der Waals surface area contributed by atoms with Crippen molar-refractivity contribution < 1.29 is 18.4 Å². The minimum absolute atomic E-state index is 0.297. The van der Waals surface area contributed by atoms with Crippen LogP contribution in [0.1, 0.15) is 39.5 Å². The van der Waals surface area contributed by atoms with Gasteiger partial charge in [-0.1, -0.05) is 62.6 Å². The second-order valence-corrected chi connectivity index (χ2v) is 8.56. The van der Waals surface area contributed by atoms with Gasteiger partial charge in [0.1, 0.15) is 17.3 Å². The van der Waals surface area contributed by atoms with Crippen molar-refractivity contribution >= 4 is 13.4 Å². The first-order valence-corrected chi connectivity index (χ1v) is 10.9. The van der Waals surface area contributed by atoms with Crippen molar-refractivity contribution in [2.45, 2.75) is 51.2 Å². The molecule has 0 spiro atoms. The predicted molar refractivity (Wildman–Crippen MR) is 108 cm³/mol. The molecule has 0 bridgehead atoms. The number of Topliss-reactive ketones (excluding diaryl/α,β-unsaturated/α-hetero) is 1. The van der Waals surface area contributed by atoms with Gasteiger partial charge in [-0.3, -0.25) is 4.79 Å². The Morgan fingerprint density at radius 1 is 0.963 bits per heavy atom. The van der Waals surface area contributed by atoms with E-state index in [1.54, 1.807) is 48.5 Å². The summed E-state index contributed by atoms with van der Waals surface area (Å²) in [6, 6.07) is 16.9. The summed E-state index contributed by atoms with van der Waals surface area (Å²) in [6.07, 6.45) is 3.48. The van der Waals surface area contributed by atoms with Crippen LogP contribution >= 0.6 is 7.60 Å². The number of carbonyl (C=O) groups is 1. The summed E-state index contributed by atoms with van der Waals surface area (Å²) in [5.41, 5.74) is 5.27. The second-order valence-electron chi connectivity index (χ2n) is 6.56. The number of nitrogens with two attached hydrogens (primary N) is 1. The highest BCUT2D eigenvalue weighted by Crippen LogP contribution is 2.54. The molecule has 27 heavy (non-hydrogen) atoms. The van der Waals surface area contributed by atoms with Crippen molar-refractivity contribution in [3.05, 3.63) is 60.7 Å². The lowest BCUT2D eigenvalue weighted by molar-refractivity contribution is -0.117. The molecule has 5 nitrogen and oxygen atoms in total. The SMILES string of the molecule is CCCCCC(N)C(C(C)=O)P(=O)(Oc1ccccc1)Oc1ccccc1. The van der Waals surface area contributed by atoms with Gasteiger partial charge in [0.15, 0.2) is 5.66 Å². The summed E-state index contributed by atoms with van der Waals surface area (Å²) < 4.78 is 25.4. The van der Waals surface area contributed by atoms with Crippen molar-refractivity contribution in [1.82, 2.24) is 0 Å². The molecule has 0 aliphatic carbocycles. The van der Waals surface area contributed by atoms with Gasteiger partial charge in [0.2, 0.25) is 0 Å². The molecule has 146 valence electrons. The molecule has 0 heterocycles. The lowest BCUT2D eigenvalue weighted by atomic mass is 10.0. The average Bonchev–Trinajstić information content (AvgIpc) is 2.63. The summed E-state index contributed by atoms with van der Waals surface area (Å²) in [4.78, 5) is 12.4. The van der Waals surface area contributed by atoms with E-state index in [2.05, 4.69) is 6.92 Å². The summed E-state index contributed by atoms with van der Waals surface area (Å²) >= 11 is 0. The van der Waals surface area contributed by atoms with Crippen LogP contribution in [0.15, 0.2) is 60.7 Å². The van der Waals surface area contributed by atoms with Crippen LogP contribution in [0.4, 0.5) is 0 Å².